The number of carbonyl (C=O) groups excluding carboxylic acids is 1. The third-order valence-electron chi connectivity index (χ3n) is 6.15. The van der Waals surface area contributed by atoms with Gasteiger partial charge in [-0.15, -0.1) is 0 Å². The van der Waals surface area contributed by atoms with Crippen molar-refractivity contribution in [3.8, 4) is 11.5 Å². The lowest BCUT2D eigenvalue weighted by atomic mass is 9.81. The fourth-order valence-electron chi connectivity index (χ4n) is 4.83. The van der Waals surface area contributed by atoms with E-state index in [4.69, 9.17) is 19.2 Å². The van der Waals surface area contributed by atoms with Crippen LogP contribution >= 0.6 is 0 Å². The molecular weight excluding hydrogens is 426 g/mol. The first-order valence-electron chi connectivity index (χ1n) is 12.1. The van der Waals surface area contributed by atoms with Crippen molar-refractivity contribution >= 4 is 17.8 Å². The Morgan fingerprint density at radius 2 is 1.79 bits per heavy atom. The number of nitrogens with zero attached hydrogens (tertiary/aromatic N) is 1. The van der Waals surface area contributed by atoms with Gasteiger partial charge in [-0.3, -0.25) is 4.99 Å². The molecule has 180 valence electrons. The van der Waals surface area contributed by atoms with Crippen molar-refractivity contribution in [2.45, 2.75) is 72.4 Å². The van der Waals surface area contributed by atoms with Crippen LogP contribution in [0.4, 0.5) is 0 Å². The van der Waals surface area contributed by atoms with Gasteiger partial charge in [0.1, 0.15) is 5.60 Å². The van der Waals surface area contributed by atoms with E-state index in [0.717, 1.165) is 41.2 Å². The number of ether oxygens (including phenoxy) is 3. The maximum atomic E-state index is 12.0. The van der Waals surface area contributed by atoms with E-state index >= 15 is 0 Å². The molecule has 0 N–H and O–H groups in total. The molecule has 0 spiro atoms. The first-order chi connectivity index (χ1) is 16.0. The lowest BCUT2D eigenvalue weighted by Gasteiger charge is -2.31. The Balaban J connectivity index is 1.79. The number of hydrogen-bond acceptors (Lipinski definition) is 5. The molecule has 2 aliphatic heterocycles. The van der Waals surface area contributed by atoms with E-state index in [0.29, 0.717) is 18.8 Å². The summed E-state index contributed by atoms with van der Waals surface area (Å²) in [5, 5.41) is 0. The molecule has 34 heavy (non-hydrogen) atoms. The summed E-state index contributed by atoms with van der Waals surface area (Å²) in [5.74, 6) is 1.39. The second-order valence-corrected chi connectivity index (χ2v) is 10.3. The molecule has 0 fully saturated rings. The maximum Gasteiger partial charge on any atom is 0.333 e. The molecule has 5 heteroatoms. The SMILES string of the molecule is CCOC(=O)/C(C)=C/c1ccc(C2=NC(C)(C)Cc3cc(OCC)c4c(c32)CC(C)(C)O4)cc1. The Morgan fingerprint density at radius 3 is 2.44 bits per heavy atom. The molecule has 2 heterocycles. The average Bonchev–Trinajstić information content (AvgIpc) is 3.08. The topological polar surface area (TPSA) is 57.1 Å². The van der Waals surface area contributed by atoms with Crippen molar-refractivity contribution in [1.29, 1.82) is 0 Å². The molecule has 0 amide bonds. The van der Waals surface area contributed by atoms with Crippen molar-refractivity contribution in [2.75, 3.05) is 13.2 Å². The molecule has 0 unspecified atom stereocenters. The average molecular weight is 462 g/mol. The first-order valence-corrected chi connectivity index (χ1v) is 12.1. The van der Waals surface area contributed by atoms with Gasteiger partial charge in [0.15, 0.2) is 11.5 Å². The summed E-state index contributed by atoms with van der Waals surface area (Å²) >= 11 is 0. The van der Waals surface area contributed by atoms with Gasteiger partial charge in [0.25, 0.3) is 0 Å². The molecule has 0 aromatic heterocycles. The Labute approximate surface area is 202 Å². The van der Waals surface area contributed by atoms with E-state index in [-0.39, 0.29) is 17.1 Å². The van der Waals surface area contributed by atoms with Crippen molar-refractivity contribution < 1.29 is 19.0 Å². The van der Waals surface area contributed by atoms with Crippen molar-refractivity contribution in [3.63, 3.8) is 0 Å². The predicted octanol–water partition coefficient (Wildman–Crippen LogP) is 5.94. The highest BCUT2D eigenvalue weighted by Gasteiger charge is 2.39. The van der Waals surface area contributed by atoms with Crippen LogP contribution in [-0.4, -0.2) is 36.0 Å². The van der Waals surface area contributed by atoms with Crippen LogP contribution in [0.15, 0.2) is 40.9 Å². The van der Waals surface area contributed by atoms with E-state index < -0.39 is 0 Å². The van der Waals surface area contributed by atoms with Gasteiger partial charge in [-0.1, -0.05) is 24.3 Å². The molecular formula is C29H35NO4. The standard InChI is InChI=1S/C29H35NO4/c1-8-32-23-15-21-16-28(4,5)30-25(24(21)22-17-29(6,7)34-26(22)23)20-12-10-19(11-13-20)14-18(3)27(31)33-9-2/h10-15H,8-9,16-17H2,1-7H3/b18-14+. The summed E-state index contributed by atoms with van der Waals surface area (Å²) in [7, 11) is 0. The minimum atomic E-state index is -0.291. The Bertz CT molecular complexity index is 1170. The fraction of sp³-hybridized carbons (Fsp3) is 0.448. The molecule has 2 aliphatic rings. The molecule has 0 atom stereocenters. The summed E-state index contributed by atoms with van der Waals surface area (Å²) in [6.45, 7) is 15.1. The third kappa shape index (κ3) is 4.75. The molecule has 0 saturated heterocycles. The van der Waals surface area contributed by atoms with Gasteiger partial charge in [0.05, 0.1) is 24.5 Å². The second kappa shape index (κ2) is 8.94. The summed E-state index contributed by atoms with van der Waals surface area (Å²) in [6, 6.07) is 10.4. The minimum absolute atomic E-state index is 0.228. The summed E-state index contributed by atoms with van der Waals surface area (Å²) < 4.78 is 17.4. The second-order valence-electron chi connectivity index (χ2n) is 10.3. The van der Waals surface area contributed by atoms with Crippen LogP contribution < -0.4 is 9.47 Å². The van der Waals surface area contributed by atoms with Gasteiger partial charge in [0.2, 0.25) is 0 Å². The monoisotopic (exact) mass is 461 g/mol. The molecule has 0 radical (unpaired) electrons. The molecule has 4 rings (SSSR count). The number of aliphatic imine (C=N–C) groups is 1. The van der Waals surface area contributed by atoms with Crippen LogP contribution in [0, 0.1) is 0 Å². The van der Waals surface area contributed by atoms with Crippen LogP contribution in [0.1, 0.15) is 76.3 Å². The minimum Gasteiger partial charge on any atom is -0.490 e. The number of rotatable bonds is 6. The van der Waals surface area contributed by atoms with Gasteiger partial charge in [-0.05, 0) is 78.2 Å². The van der Waals surface area contributed by atoms with Crippen LogP contribution in [0.25, 0.3) is 6.08 Å². The Kier molecular flexibility index (Phi) is 6.32. The van der Waals surface area contributed by atoms with Crippen molar-refractivity contribution in [2.24, 2.45) is 4.99 Å². The van der Waals surface area contributed by atoms with E-state index in [1.54, 1.807) is 6.92 Å². The molecule has 0 aliphatic carbocycles. The van der Waals surface area contributed by atoms with E-state index in [2.05, 4.69) is 45.9 Å². The van der Waals surface area contributed by atoms with Gasteiger partial charge in [-0.25, -0.2) is 4.79 Å². The molecule has 2 aromatic rings. The van der Waals surface area contributed by atoms with Gasteiger partial charge >= 0.3 is 5.97 Å². The third-order valence-corrected chi connectivity index (χ3v) is 6.15. The Hall–Kier alpha value is -3.08. The first kappa shape index (κ1) is 24.1. The highest BCUT2D eigenvalue weighted by atomic mass is 16.5. The zero-order valence-electron chi connectivity index (χ0n) is 21.4. The van der Waals surface area contributed by atoms with E-state index in [1.165, 1.54) is 16.7 Å². The number of fused-ring (bicyclic) bond motifs is 3. The lowest BCUT2D eigenvalue weighted by molar-refractivity contribution is -0.138. The van der Waals surface area contributed by atoms with Crippen LogP contribution in [0.2, 0.25) is 0 Å². The van der Waals surface area contributed by atoms with Crippen LogP contribution in [0.5, 0.6) is 11.5 Å². The van der Waals surface area contributed by atoms with E-state index in [1.807, 2.05) is 32.1 Å². The number of hydrogen-bond donors (Lipinski definition) is 0. The summed E-state index contributed by atoms with van der Waals surface area (Å²) in [4.78, 5) is 17.2. The van der Waals surface area contributed by atoms with Crippen LogP contribution in [0.3, 0.4) is 0 Å². The molecule has 0 saturated carbocycles. The number of esters is 1. The van der Waals surface area contributed by atoms with Gasteiger partial charge in [-0.2, -0.15) is 0 Å². The lowest BCUT2D eigenvalue weighted by Crippen LogP contribution is -2.30. The highest BCUT2D eigenvalue weighted by molar-refractivity contribution is 6.16. The fourth-order valence-corrected chi connectivity index (χ4v) is 4.83. The van der Waals surface area contributed by atoms with Crippen LogP contribution in [-0.2, 0) is 22.4 Å². The zero-order valence-corrected chi connectivity index (χ0v) is 21.4. The van der Waals surface area contributed by atoms with E-state index in [9.17, 15) is 4.79 Å². The quantitative estimate of drug-likeness (QED) is 0.395. The highest BCUT2D eigenvalue weighted by Crippen LogP contribution is 2.48. The summed E-state index contributed by atoms with van der Waals surface area (Å²) in [6.07, 6.45) is 3.51. The largest absolute Gasteiger partial charge is 0.490 e. The zero-order chi connectivity index (χ0) is 24.7. The summed E-state index contributed by atoms with van der Waals surface area (Å²) in [5.41, 5.74) is 6.66. The number of benzene rings is 2. The van der Waals surface area contributed by atoms with Crippen molar-refractivity contribution in [3.05, 3.63) is 63.7 Å². The molecule has 5 nitrogen and oxygen atoms in total. The van der Waals surface area contributed by atoms with Gasteiger partial charge < -0.3 is 14.2 Å². The molecule has 2 aromatic carbocycles. The smallest absolute Gasteiger partial charge is 0.333 e. The normalized spacial score (nSPS) is 17.9. The van der Waals surface area contributed by atoms with Crippen molar-refractivity contribution in [1.82, 2.24) is 0 Å². The Morgan fingerprint density at radius 1 is 1.09 bits per heavy atom. The predicted molar refractivity (Wildman–Crippen MR) is 136 cm³/mol. The van der Waals surface area contributed by atoms with Gasteiger partial charge in [0, 0.05) is 28.7 Å². The molecule has 0 bridgehead atoms. The maximum absolute atomic E-state index is 12.0. The number of carbonyl (C=O) groups is 1.